The fourth-order valence-electron chi connectivity index (χ4n) is 3.38. The maximum atomic E-state index is 13.6. The number of ether oxygens (including phenoxy) is 1. The van der Waals surface area contributed by atoms with E-state index < -0.39 is 6.10 Å². The van der Waals surface area contributed by atoms with Crippen LogP contribution in [-0.4, -0.2) is 53.7 Å². The van der Waals surface area contributed by atoms with Crippen LogP contribution in [0.15, 0.2) is 53.7 Å². The van der Waals surface area contributed by atoms with Gasteiger partial charge >= 0.3 is 0 Å². The van der Waals surface area contributed by atoms with Crippen LogP contribution in [0.5, 0.6) is 0 Å². The van der Waals surface area contributed by atoms with Crippen molar-refractivity contribution < 1.29 is 23.5 Å². The van der Waals surface area contributed by atoms with Crippen LogP contribution in [0.1, 0.15) is 31.4 Å². The van der Waals surface area contributed by atoms with Gasteiger partial charge in [0.15, 0.2) is 0 Å². The first-order valence-electron chi connectivity index (χ1n) is 10.1. The van der Waals surface area contributed by atoms with Crippen molar-refractivity contribution in [2.24, 2.45) is 5.16 Å². The normalized spacial score (nSPS) is 17.3. The number of rotatable bonds is 10. The van der Waals surface area contributed by atoms with Crippen molar-refractivity contribution in [3.63, 3.8) is 0 Å². The number of oxime groups is 1. The van der Waals surface area contributed by atoms with Gasteiger partial charge in [-0.25, -0.2) is 8.78 Å². The zero-order valence-electron chi connectivity index (χ0n) is 17.3. The Balaban J connectivity index is 1.62. The van der Waals surface area contributed by atoms with Gasteiger partial charge in [0.25, 0.3) is 0 Å². The highest BCUT2D eigenvalue weighted by Crippen LogP contribution is 2.19. The predicted molar refractivity (Wildman–Crippen MR) is 111 cm³/mol. The van der Waals surface area contributed by atoms with Gasteiger partial charge in [-0.3, -0.25) is 4.90 Å². The fraction of sp³-hybridized carbons (Fsp3) is 0.435. The average Bonchev–Trinajstić information content (AvgIpc) is 3.15. The first-order chi connectivity index (χ1) is 14.4. The third-order valence-corrected chi connectivity index (χ3v) is 4.76. The molecular formula is C23H28F2N2O3. The highest BCUT2D eigenvalue weighted by atomic mass is 19.1. The molecule has 2 atom stereocenters. The summed E-state index contributed by atoms with van der Waals surface area (Å²) in [6.45, 7) is 5.37. The topological polar surface area (TPSA) is 54.3 Å². The van der Waals surface area contributed by atoms with Gasteiger partial charge in [0.1, 0.15) is 17.7 Å². The lowest BCUT2D eigenvalue weighted by Crippen LogP contribution is -2.39. The summed E-state index contributed by atoms with van der Waals surface area (Å²) in [7, 11) is 0. The molecule has 0 fully saturated rings. The molecule has 1 aliphatic heterocycles. The van der Waals surface area contributed by atoms with Crippen molar-refractivity contribution in [3.05, 3.63) is 71.3 Å². The molecule has 2 aromatic carbocycles. The van der Waals surface area contributed by atoms with Crippen molar-refractivity contribution in [1.29, 1.82) is 0 Å². The molecule has 0 aromatic heterocycles. The highest BCUT2D eigenvalue weighted by molar-refractivity contribution is 6.01. The quantitative estimate of drug-likeness (QED) is 0.639. The lowest BCUT2D eigenvalue weighted by Gasteiger charge is -2.27. The molecule has 1 N–H and O–H groups in total. The van der Waals surface area contributed by atoms with Crippen molar-refractivity contribution in [2.75, 3.05) is 19.7 Å². The van der Waals surface area contributed by atoms with E-state index >= 15 is 0 Å². The summed E-state index contributed by atoms with van der Waals surface area (Å²) in [5.41, 5.74) is 2.39. The summed E-state index contributed by atoms with van der Waals surface area (Å²) in [5, 5.41) is 14.5. The van der Waals surface area contributed by atoms with Gasteiger partial charge in [0.05, 0.1) is 24.5 Å². The minimum absolute atomic E-state index is 0.0288. The highest BCUT2D eigenvalue weighted by Gasteiger charge is 2.26. The van der Waals surface area contributed by atoms with Crippen molar-refractivity contribution in [2.45, 2.75) is 45.1 Å². The maximum absolute atomic E-state index is 13.6. The van der Waals surface area contributed by atoms with Gasteiger partial charge in [-0.1, -0.05) is 29.4 Å². The molecule has 0 bridgehead atoms. The molecule has 7 heteroatoms. The van der Waals surface area contributed by atoms with Crippen molar-refractivity contribution in [1.82, 2.24) is 4.90 Å². The number of halogens is 2. The second kappa shape index (κ2) is 10.6. The molecule has 162 valence electrons. The van der Waals surface area contributed by atoms with Crippen LogP contribution < -0.4 is 0 Å². The predicted octanol–water partition coefficient (Wildman–Crippen LogP) is 3.75. The Morgan fingerprint density at radius 1 is 1.17 bits per heavy atom. The second-order valence-corrected chi connectivity index (χ2v) is 7.84. The number of aliphatic hydroxyl groups excluding tert-OH is 1. The Kier molecular flexibility index (Phi) is 7.90. The molecule has 0 amide bonds. The zero-order valence-corrected chi connectivity index (χ0v) is 17.3. The first kappa shape index (κ1) is 22.3. The summed E-state index contributed by atoms with van der Waals surface area (Å²) in [6, 6.07) is 12.6. The number of hydrogen-bond acceptors (Lipinski definition) is 5. The first-order valence-corrected chi connectivity index (χ1v) is 10.1. The molecule has 0 aliphatic carbocycles. The number of nitrogens with zero attached hydrogens (tertiary/aromatic N) is 2. The standard InChI is InChI=1S/C23H28F2N2O3/c1-16(2)29-15-21(28)13-27(12-17-4-3-5-20(25)10-17)14-22-11-23(26-30-22)18-6-8-19(24)9-7-18/h3-10,16,21-22,28H,11-15H2,1-2H3/t21-,22+/m1/s1. The summed E-state index contributed by atoms with van der Waals surface area (Å²) < 4.78 is 32.3. The van der Waals surface area contributed by atoms with Crippen LogP contribution in [-0.2, 0) is 16.1 Å². The van der Waals surface area contributed by atoms with E-state index in [0.29, 0.717) is 26.1 Å². The molecule has 0 unspecified atom stereocenters. The van der Waals surface area contributed by atoms with Crippen LogP contribution in [0.2, 0.25) is 0 Å². The molecule has 0 saturated carbocycles. The minimum atomic E-state index is -0.681. The molecular weight excluding hydrogens is 390 g/mol. The van der Waals surface area contributed by atoms with E-state index in [2.05, 4.69) is 5.16 Å². The average molecular weight is 418 g/mol. The zero-order chi connectivity index (χ0) is 21.5. The Morgan fingerprint density at radius 2 is 1.93 bits per heavy atom. The largest absolute Gasteiger partial charge is 0.390 e. The number of benzene rings is 2. The summed E-state index contributed by atoms with van der Waals surface area (Å²) in [5.74, 6) is -0.594. The number of hydrogen-bond donors (Lipinski definition) is 1. The third kappa shape index (κ3) is 6.86. The van der Waals surface area contributed by atoms with Gasteiger partial charge in [0, 0.05) is 26.1 Å². The molecule has 3 rings (SSSR count). The molecule has 5 nitrogen and oxygen atoms in total. The second-order valence-electron chi connectivity index (χ2n) is 7.84. The Morgan fingerprint density at radius 3 is 2.63 bits per heavy atom. The van der Waals surface area contributed by atoms with E-state index in [1.807, 2.05) is 24.8 Å². The van der Waals surface area contributed by atoms with E-state index in [-0.39, 0.29) is 30.4 Å². The lowest BCUT2D eigenvalue weighted by atomic mass is 10.0. The minimum Gasteiger partial charge on any atom is -0.390 e. The SMILES string of the molecule is CC(C)OC[C@H](O)CN(Cc1cccc(F)c1)C[C@@H]1CC(c2ccc(F)cc2)=NO1. The van der Waals surface area contributed by atoms with Gasteiger partial charge in [-0.05, 0) is 49.2 Å². The molecule has 2 aromatic rings. The molecule has 1 aliphatic rings. The van der Waals surface area contributed by atoms with Gasteiger partial charge in [-0.2, -0.15) is 0 Å². The maximum Gasteiger partial charge on any atom is 0.145 e. The van der Waals surface area contributed by atoms with Crippen LogP contribution in [0.25, 0.3) is 0 Å². The lowest BCUT2D eigenvalue weighted by molar-refractivity contribution is -0.0194. The van der Waals surface area contributed by atoms with E-state index in [9.17, 15) is 13.9 Å². The van der Waals surface area contributed by atoms with E-state index in [1.165, 1.54) is 24.3 Å². The van der Waals surface area contributed by atoms with Crippen molar-refractivity contribution >= 4 is 5.71 Å². The molecule has 1 heterocycles. The summed E-state index contributed by atoms with van der Waals surface area (Å²) >= 11 is 0. The third-order valence-electron chi connectivity index (χ3n) is 4.76. The van der Waals surface area contributed by atoms with Gasteiger partial charge in [-0.15, -0.1) is 0 Å². The summed E-state index contributed by atoms with van der Waals surface area (Å²) in [4.78, 5) is 7.60. The van der Waals surface area contributed by atoms with Crippen LogP contribution in [0.4, 0.5) is 8.78 Å². The molecule has 30 heavy (non-hydrogen) atoms. The Bertz CT molecular complexity index is 843. The molecule has 0 radical (unpaired) electrons. The smallest absolute Gasteiger partial charge is 0.145 e. The molecule has 0 saturated heterocycles. The monoisotopic (exact) mass is 418 g/mol. The summed E-state index contributed by atoms with van der Waals surface area (Å²) in [6.07, 6.45) is -0.290. The van der Waals surface area contributed by atoms with E-state index in [1.54, 1.807) is 18.2 Å². The van der Waals surface area contributed by atoms with E-state index in [0.717, 1.165) is 16.8 Å². The number of aliphatic hydroxyl groups is 1. The van der Waals surface area contributed by atoms with Crippen LogP contribution in [0, 0.1) is 11.6 Å². The van der Waals surface area contributed by atoms with Crippen molar-refractivity contribution in [3.8, 4) is 0 Å². The van der Waals surface area contributed by atoms with E-state index in [4.69, 9.17) is 9.57 Å². The fourth-order valence-corrected chi connectivity index (χ4v) is 3.38. The van der Waals surface area contributed by atoms with Gasteiger partial charge < -0.3 is 14.7 Å². The Labute approximate surface area is 175 Å². The molecule has 0 spiro atoms. The van der Waals surface area contributed by atoms with Crippen LogP contribution >= 0.6 is 0 Å². The Hall–Kier alpha value is -2.35. The van der Waals surface area contributed by atoms with Gasteiger partial charge in [0.2, 0.25) is 0 Å². The van der Waals surface area contributed by atoms with Crippen LogP contribution in [0.3, 0.4) is 0 Å².